The number of rotatable bonds is 5. The molecule has 0 aliphatic heterocycles. The molecule has 0 aromatic heterocycles. The molecule has 0 saturated heterocycles. The van der Waals surface area contributed by atoms with Crippen LogP contribution in [-0.4, -0.2) is 36.6 Å². The minimum absolute atomic E-state index is 0.0707. The Morgan fingerprint density at radius 1 is 1.29 bits per heavy atom. The van der Waals surface area contributed by atoms with E-state index in [2.05, 4.69) is 11.9 Å². The standard InChI is InChI=1S/C14H27NO2/c1-4-11-17-14(16)12(2)15(3)13-9-7-5-6-8-10-13/h12-13H,4-11H2,1-3H3. The Hall–Kier alpha value is -0.570. The molecule has 100 valence electrons. The van der Waals surface area contributed by atoms with Gasteiger partial charge >= 0.3 is 5.97 Å². The van der Waals surface area contributed by atoms with Crippen molar-refractivity contribution >= 4 is 5.97 Å². The van der Waals surface area contributed by atoms with Crippen molar-refractivity contribution < 1.29 is 9.53 Å². The first-order valence-corrected chi connectivity index (χ1v) is 7.05. The first-order chi connectivity index (χ1) is 8.16. The Balaban J connectivity index is 2.43. The molecule has 1 aliphatic rings. The zero-order chi connectivity index (χ0) is 12.7. The predicted molar refractivity (Wildman–Crippen MR) is 70.0 cm³/mol. The molecule has 1 unspecified atom stereocenters. The molecular weight excluding hydrogens is 214 g/mol. The lowest BCUT2D eigenvalue weighted by Gasteiger charge is -2.31. The molecule has 0 N–H and O–H groups in total. The highest BCUT2D eigenvalue weighted by Gasteiger charge is 2.26. The third-order valence-corrected chi connectivity index (χ3v) is 3.80. The summed E-state index contributed by atoms with van der Waals surface area (Å²) in [6.45, 7) is 4.53. The van der Waals surface area contributed by atoms with Crippen LogP contribution in [0.3, 0.4) is 0 Å². The molecule has 3 heteroatoms. The van der Waals surface area contributed by atoms with E-state index in [-0.39, 0.29) is 12.0 Å². The van der Waals surface area contributed by atoms with Gasteiger partial charge in [-0.2, -0.15) is 0 Å². The molecule has 1 aliphatic carbocycles. The lowest BCUT2D eigenvalue weighted by Crippen LogP contribution is -2.43. The van der Waals surface area contributed by atoms with Gasteiger partial charge in [-0.3, -0.25) is 9.69 Å². The van der Waals surface area contributed by atoms with E-state index in [1.807, 2.05) is 13.8 Å². The van der Waals surface area contributed by atoms with Crippen molar-refractivity contribution in [1.82, 2.24) is 4.90 Å². The van der Waals surface area contributed by atoms with Gasteiger partial charge in [0.2, 0.25) is 0 Å². The van der Waals surface area contributed by atoms with E-state index in [1.54, 1.807) is 0 Å². The molecular formula is C14H27NO2. The van der Waals surface area contributed by atoms with Crippen LogP contribution in [0, 0.1) is 0 Å². The van der Waals surface area contributed by atoms with E-state index in [9.17, 15) is 4.79 Å². The van der Waals surface area contributed by atoms with E-state index in [0.717, 1.165) is 6.42 Å². The van der Waals surface area contributed by atoms with Gasteiger partial charge in [-0.1, -0.05) is 32.6 Å². The van der Waals surface area contributed by atoms with Crippen LogP contribution in [-0.2, 0) is 9.53 Å². The summed E-state index contributed by atoms with van der Waals surface area (Å²) in [5.41, 5.74) is 0. The fourth-order valence-electron chi connectivity index (χ4n) is 2.47. The summed E-state index contributed by atoms with van der Waals surface area (Å²) in [5.74, 6) is -0.0707. The van der Waals surface area contributed by atoms with Crippen molar-refractivity contribution in [3.05, 3.63) is 0 Å². The summed E-state index contributed by atoms with van der Waals surface area (Å²) in [4.78, 5) is 14.0. The normalized spacial score (nSPS) is 20.0. The van der Waals surface area contributed by atoms with Crippen LogP contribution in [0.15, 0.2) is 0 Å². The molecule has 1 saturated carbocycles. The molecule has 0 bridgehead atoms. The number of hydrogen-bond acceptors (Lipinski definition) is 3. The molecule has 0 spiro atoms. The minimum Gasteiger partial charge on any atom is -0.465 e. The highest BCUT2D eigenvalue weighted by atomic mass is 16.5. The quantitative estimate of drug-likeness (QED) is 0.547. The minimum atomic E-state index is -0.107. The highest BCUT2D eigenvalue weighted by molar-refractivity contribution is 5.75. The molecule has 1 atom stereocenters. The van der Waals surface area contributed by atoms with Crippen LogP contribution in [0.1, 0.15) is 58.8 Å². The maximum Gasteiger partial charge on any atom is 0.323 e. The van der Waals surface area contributed by atoms with E-state index in [4.69, 9.17) is 4.74 Å². The third kappa shape index (κ3) is 4.66. The Morgan fingerprint density at radius 3 is 2.41 bits per heavy atom. The van der Waals surface area contributed by atoms with Crippen molar-refractivity contribution in [3.8, 4) is 0 Å². The lowest BCUT2D eigenvalue weighted by atomic mass is 10.1. The van der Waals surface area contributed by atoms with E-state index in [0.29, 0.717) is 12.6 Å². The van der Waals surface area contributed by atoms with Gasteiger partial charge in [-0.05, 0) is 33.2 Å². The molecule has 0 aromatic carbocycles. The molecule has 17 heavy (non-hydrogen) atoms. The van der Waals surface area contributed by atoms with Crippen LogP contribution < -0.4 is 0 Å². The summed E-state index contributed by atoms with van der Waals surface area (Å²) in [6.07, 6.45) is 8.63. The number of ether oxygens (including phenoxy) is 1. The van der Waals surface area contributed by atoms with E-state index in [1.165, 1.54) is 38.5 Å². The first-order valence-electron chi connectivity index (χ1n) is 7.05. The first kappa shape index (κ1) is 14.5. The average molecular weight is 241 g/mol. The van der Waals surface area contributed by atoms with Crippen molar-refractivity contribution in [2.24, 2.45) is 0 Å². The van der Waals surface area contributed by atoms with E-state index >= 15 is 0 Å². The summed E-state index contributed by atoms with van der Waals surface area (Å²) in [7, 11) is 2.06. The highest BCUT2D eigenvalue weighted by Crippen LogP contribution is 2.22. The van der Waals surface area contributed by atoms with Crippen LogP contribution >= 0.6 is 0 Å². The maximum absolute atomic E-state index is 11.8. The molecule has 0 heterocycles. The zero-order valence-electron chi connectivity index (χ0n) is 11.6. The van der Waals surface area contributed by atoms with Crippen LogP contribution in [0.4, 0.5) is 0 Å². The molecule has 0 aromatic rings. The molecule has 1 fully saturated rings. The second kappa shape index (κ2) is 7.70. The van der Waals surface area contributed by atoms with Gasteiger partial charge in [-0.25, -0.2) is 0 Å². The van der Waals surface area contributed by atoms with Crippen molar-refractivity contribution in [2.75, 3.05) is 13.7 Å². The average Bonchev–Trinajstić information content (AvgIpc) is 2.62. The van der Waals surface area contributed by atoms with Crippen LogP contribution in [0.25, 0.3) is 0 Å². The number of nitrogens with zero attached hydrogens (tertiary/aromatic N) is 1. The Bertz CT molecular complexity index is 222. The molecule has 0 radical (unpaired) electrons. The summed E-state index contributed by atoms with van der Waals surface area (Å²) < 4.78 is 5.22. The maximum atomic E-state index is 11.8. The largest absolute Gasteiger partial charge is 0.465 e. The lowest BCUT2D eigenvalue weighted by molar-refractivity contribution is -0.149. The monoisotopic (exact) mass is 241 g/mol. The Kier molecular flexibility index (Phi) is 6.56. The van der Waals surface area contributed by atoms with Crippen molar-refractivity contribution in [3.63, 3.8) is 0 Å². The number of hydrogen-bond donors (Lipinski definition) is 0. The van der Waals surface area contributed by atoms with E-state index < -0.39 is 0 Å². The third-order valence-electron chi connectivity index (χ3n) is 3.80. The fourth-order valence-corrected chi connectivity index (χ4v) is 2.47. The molecule has 0 amide bonds. The van der Waals surface area contributed by atoms with Gasteiger partial charge in [0.1, 0.15) is 6.04 Å². The number of esters is 1. The summed E-state index contributed by atoms with van der Waals surface area (Å²) in [6, 6.07) is 0.450. The van der Waals surface area contributed by atoms with Gasteiger partial charge in [0.05, 0.1) is 6.61 Å². The predicted octanol–water partition coefficient (Wildman–Crippen LogP) is 2.98. The van der Waals surface area contributed by atoms with Crippen molar-refractivity contribution in [1.29, 1.82) is 0 Å². The molecule has 1 rings (SSSR count). The second-order valence-corrected chi connectivity index (χ2v) is 5.15. The van der Waals surface area contributed by atoms with Crippen molar-refractivity contribution in [2.45, 2.75) is 70.9 Å². The van der Waals surface area contributed by atoms with Gasteiger partial charge in [0, 0.05) is 6.04 Å². The van der Waals surface area contributed by atoms with Gasteiger partial charge in [-0.15, -0.1) is 0 Å². The number of likely N-dealkylation sites (N-methyl/N-ethyl adjacent to an activating group) is 1. The zero-order valence-corrected chi connectivity index (χ0v) is 11.6. The smallest absolute Gasteiger partial charge is 0.323 e. The Labute approximate surface area is 106 Å². The summed E-state index contributed by atoms with van der Waals surface area (Å²) in [5, 5.41) is 0. The van der Waals surface area contributed by atoms with Crippen LogP contribution in [0.2, 0.25) is 0 Å². The van der Waals surface area contributed by atoms with Gasteiger partial charge < -0.3 is 4.74 Å². The van der Waals surface area contributed by atoms with Gasteiger partial charge in [0.25, 0.3) is 0 Å². The summed E-state index contributed by atoms with van der Waals surface area (Å²) >= 11 is 0. The Morgan fingerprint density at radius 2 is 1.88 bits per heavy atom. The molecule has 3 nitrogen and oxygen atoms in total. The number of carbonyl (C=O) groups is 1. The topological polar surface area (TPSA) is 29.5 Å². The SMILES string of the molecule is CCCOC(=O)C(C)N(C)C1CCCCCC1. The fraction of sp³-hybridized carbons (Fsp3) is 0.929. The second-order valence-electron chi connectivity index (χ2n) is 5.15. The number of carbonyl (C=O) groups excluding carboxylic acids is 1. The van der Waals surface area contributed by atoms with Crippen LogP contribution in [0.5, 0.6) is 0 Å². The van der Waals surface area contributed by atoms with Gasteiger partial charge in [0.15, 0.2) is 0 Å².